The zero-order valence-corrected chi connectivity index (χ0v) is 21.5. The molecule has 0 nitrogen and oxygen atoms in total. The van der Waals surface area contributed by atoms with Crippen LogP contribution >= 0.6 is 0 Å². The van der Waals surface area contributed by atoms with Crippen molar-refractivity contribution in [2.24, 2.45) is 11.8 Å². The summed E-state index contributed by atoms with van der Waals surface area (Å²) in [6.07, 6.45) is 16.0. The van der Waals surface area contributed by atoms with Crippen LogP contribution in [0.3, 0.4) is 0 Å². The first-order valence-electron chi connectivity index (χ1n) is 13.9. The van der Waals surface area contributed by atoms with E-state index >= 15 is 8.78 Å². The lowest BCUT2D eigenvalue weighted by molar-refractivity contribution is 0.311. The number of hydrogen-bond donors (Lipinski definition) is 0. The van der Waals surface area contributed by atoms with Crippen LogP contribution in [0, 0.1) is 29.3 Å². The molecular weight excluding hydrogens is 441 g/mol. The molecule has 2 saturated carbocycles. The summed E-state index contributed by atoms with van der Waals surface area (Å²) < 4.78 is 44.7. The second kappa shape index (κ2) is 12.3. The predicted octanol–water partition coefficient (Wildman–Crippen LogP) is 10.1. The smallest absolute Gasteiger partial charge is 0.162 e. The first-order chi connectivity index (χ1) is 17.0. The Morgan fingerprint density at radius 3 is 1.91 bits per heavy atom. The van der Waals surface area contributed by atoms with Gasteiger partial charge in [-0.1, -0.05) is 63.1 Å². The fraction of sp³-hybridized carbons (Fsp3) is 0.562. The molecule has 0 aliphatic heterocycles. The Bertz CT molecular complexity index is 992. The number of benzene rings is 2. The summed E-state index contributed by atoms with van der Waals surface area (Å²) >= 11 is 0. The van der Waals surface area contributed by atoms with Crippen molar-refractivity contribution < 1.29 is 13.2 Å². The molecule has 2 aliphatic carbocycles. The normalized spacial score (nSPS) is 25.3. The van der Waals surface area contributed by atoms with Crippen molar-refractivity contribution in [2.45, 2.75) is 103 Å². The summed E-state index contributed by atoms with van der Waals surface area (Å²) in [4.78, 5) is 0. The molecule has 2 aliphatic rings. The van der Waals surface area contributed by atoms with Gasteiger partial charge in [0, 0.05) is 5.56 Å². The molecule has 3 heteroatoms. The van der Waals surface area contributed by atoms with Gasteiger partial charge >= 0.3 is 0 Å². The summed E-state index contributed by atoms with van der Waals surface area (Å²) in [5, 5.41) is 0. The summed E-state index contributed by atoms with van der Waals surface area (Å²) in [7, 11) is 0. The van der Waals surface area contributed by atoms with E-state index in [4.69, 9.17) is 0 Å². The van der Waals surface area contributed by atoms with E-state index in [-0.39, 0.29) is 17.7 Å². The van der Waals surface area contributed by atoms with Gasteiger partial charge in [-0.2, -0.15) is 0 Å². The Morgan fingerprint density at radius 2 is 1.37 bits per heavy atom. The second-order valence-electron chi connectivity index (χ2n) is 10.9. The lowest BCUT2D eigenvalue weighted by Gasteiger charge is -2.30. The Kier molecular flexibility index (Phi) is 9.14. The highest BCUT2D eigenvalue weighted by Gasteiger charge is 2.29. The van der Waals surface area contributed by atoms with Gasteiger partial charge in [0.25, 0.3) is 0 Å². The average molecular weight is 483 g/mol. The van der Waals surface area contributed by atoms with Gasteiger partial charge in [-0.3, -0.25) is 0 Å². The van der Waals surface area contributed by atoms with Crippen LogP contribution in [0.4, 0.5) is 13.2 Å². The third kappa shape index (κ3) is 6.40. The van der Waals surface area contributed by atoms with Crippen LogP contribution in [0.15, 0.2) is 36.4 Å². The number of aryl methyl sites for hydroxylation is 1. The van der Waals surface area contributed by atoms with E-state index in [1.165, 1.54) is 6.42 Å². The minimum Gasteiger partial charge on any atom is -0.206 e. The number of allylic oxidation sites excluding steroid dienone is 1. The highest BCUT2D eigenvalue weighted by atomic mass is 19.2. The van der Waals surface area contributed by atoms with Gasteiger partial charge in [0.05, 0.1) is 0 Å². The van der Waals surface area contributed by atoms with Crippen molar-refractivity contribution in [3.05, 3.63) is 76.1 Å². The molecule has 2 fully saturated rings. The molecule has 0 aromatic heterocycles. The van der Waals surface area contributed by atoms with Gasteiger partial charge in [-0.15, -0.1) is 0 Å². The Morgan fingerprint density at radius 1 is 0.771 bits per heavy atom. The molecule has 0 heterocycles. The SMILES string of the molecule is CCCCc1ccc(/C=C/C2CCC(c3ccc(C4CCC(CC)CC4)c(F)c3F)CC2)c(F)c1. The van der Waals surface area contributed by atoms with Crippen LogP contribution in [0.25, 0.3) is 6.08 Å². The lowest BCUT2D eigenvalue weighted by atomic mass is 9.75. The molecule has 0 spiro atoms. The minimum absolute atomic E-state index is 0.0635. The van der Waals surface area contributed by atoms with E-state index in [0.717, 1.165) is 82.1 Å². The summed E-state index contributed by atoms with van der Waals surface area (Å²) in [5.41, 5.74) is 2.81. The number of rotatable bonds is 8. The van der Waals surface area contributed by atoms with Crippen molar-refractivity contribution in [3.63, 3.8) is 0 Å². The van der Waals surface area contributed by atoms with Crippen LogP contribution < -0.4 is 0 Å². The predicted molar refractivity (Wildman–Crippen MR) is 140 cm³/mol. The average Bonchev–Trinajstić information content (AvgIpc) is 2.89. The largest absolute Gasteiger partial charge is 0.206 e. The third-order valence-corrected chi connectivity index (χ3v) is 8.65. The molecule has 4 rings (SSSR count). The van der Waals surface area contributed by atoms with Gasteiger partial charge in [-0.05, 0) is 111 Å². The van der Waals surface area contributed by atoms with Crippen molar-refractivity contribution in [1.82, 2.24) is 0 Å². The molecule has 0 bridgehead atoms. The Labute approximate surface area is 210 Å². The van der Waals surface area contributed by atoms with E-state index < -0.39 is 11.6 Å². The van der Waals surface area contributed by atoms with Crippen LogP contribution in [-0.2, 0) is 6.42 Å². The molecule has 2 aromatic carbocycles. The third-order valence-electron chi connectivity index (χ3n) is 8.65. The fourth-order valence-electron chi connectivity index (χ4n) is 6.20. The van der Waals surface area contributed by atoms with Crippen LogP contribution in [0.5, 0.6) is 0 Å². The maximum Gasteiger partial charge on any atom is 0.162 e. The van der Waals surface area contributed by atoms with E-state index in [1.807, 2.05) is 30.3 Å². The minimum atomic E-state index is -0.621. The quantitative estimate of drug-likeness (QED) is 0.351. The monoisotopic (exact) mass is 482 g/mol. The topological polar surface area (TPSA) is 0 Å². The van der Waals surface area contributed by atoms with Gasteiger partial charge in [-0.25, -0.2) is 13.2 Å². The second-order valence-corrected chi connectivity index (χ2v) is 10.9. The molecule has 0 radical (unpaired) electrons. The molecule has 190 valence electrons. The summed E-state index contributed by atoms with van der Waals surface area (Å²) in [6.45, 7) is 4.36. The van der Waals surface area contributed by atoms with E-state index in [0.29, 0.717) is 22.6 Å². The maximum atomic E-state index is 15.1. The zero-order valence-electron chi connectivity index (χ0n) is 21.5. The first kappa shape index (κ1) is 26.0. The molecule has 0 amide bonds. The Hall–Kier alpha value is -2.03. The van der Waals surface area contributed by atoms with Crippen LogP contribution in [0.2, 0.25) is 0 Å². The molecular formula is C32H41F3. The van der Waals surface area contributed by atoms with Crippen molar-refractivity contribution in [3.8, 4) is 0 Å². The maximum absolute atomic E-state index is 15.1. The van der Waals surface area contributed by atoms with E-state index in [2.05, 4.69) is 19.9 Å². The van der Waals surface area contributed by atoms with Gasteiger partial charge in [0.15, 0.2) is 11.6 Å². The lowest BCUT2D eigenvalue weighted by Crippen LogP contribution is -2.16. The van der Waals surface area contributed by atoms with E-state index in [9.17, 15) is 4.39 Å². The molecule has 2 aromatic rings. The van der Waals surface area contributed by atoms with Gasteiger partial charge < -0.3 is 0 Å². The molecule has 35 heavy (non-hydrogen) atoms. The summed E-state index contributed by atoms with van der Waals surface area (Å²) in [5.74, 6) is -0.0800. The number of unbranched alkanes of at least 4 members (excludes halogenated alkanes) is 1. The van der Waals surface area contributed by atoms with Gasteiger partial charge in [0.2, 0.25) is 0 Å². The highest BCUT2D eigenvalue weighted by Crippen LogP contribution is 2.42. The van der Waals surface area contributed by atoms with Gasteiger partial charge in [0.1, 0.15) is 5.82 Å². The number of hydrogen-bond acceptors (Lipinski definition) is 0. The van der Waals surface area contributed by atoms with Crippen LogP contribution in [-0.4, -0.2) is 0 Å². The molecule has 0 unspecified atom stereocenters. The first-order valence-corrected chi connectivity index (χ1v) is 13.9. The van der Waals surface area contributed by atoms with Crippen molar-refractivity contribution in [2.75, 3.05) is 0 Å². The number of halogens is 3. The fourth-order valence-corrected chi connectivity index (χ4v) is 6.20. The highest BCUT2D eigenvalue weighted by molar-refractivity contribution is 5.51. The van der Waals surface area contributed by atoms with Crippen LogP contribution in [0.1, 0.15) is 119 Å². The Balaban J connectivity index is 1.34. The van der Waals surface area contributed by atoms with E-state index in [1.54, 1.807) is 6.07 Å². The molecule has 0 atom stereocenters. The molecule has 0 N–H and O–H groups in total. The summed E-state index contributed by atoms with van der Waals surface area (Å²) in [6, 6.07) is 9.27. The van der Waals surface area contributed by atoms with Crippen molar-refractivity contribution in [1.29, 1.82) is 0 Å². The standard InChI is InChI=1S/C32H41F3/c1-3-5-6-24-12-18-27(30(33)21-24)17-11-23-9-15-26(16-10-23)29-20-19-28(31(34)32(29)35)25-13-7-22(4-2)8-14-25/h11-12,17-23,25-26H,3-10,13-16H2,1-2H3/b17-11+. The zero-order chi connectivity index (χ0) is 24.8. The van der Waals surface area contributed by atoms with Crippen molar-refractivity contribution >= 4 is 6.08 Å². The molecule has 0 saturated heterocycles.